The molecule has 1 amide bonds. The fourth-order valence-corrected chi connectivity index (χ4v) is 2.32. The molecule has 0 spiro atoms. The van der Waals surface area contributed by atoms with Crippen molar-refractivity contribution in [2.75, 3.05) is 6.54 Å². The summed E-state index contributed by atoms with van der Waals surface area (Å²) < 4.78 is 18.1. The number of halogens is 1. The second kappa shape index (κ2) is 8.89. The van der Waals surface area contributed by atoms with Crippen LogP contribution in [0.2, 0.25) is 0 Å². The molecule has 1 N–H and O–H groups in total. The van der Waals surface area contributed by atoms with Crippen LogP contribution in [0.3, 0.4) is 0 Å². The van der Waals surface area contributed by atoms with Crippen molar-refractivity contribution in [2.24, 2.45) is 0 Å². The summed E-state index contributed by atoms with van der Waals surface area (Å²) in [5.41, 5.74) is 1.65. The lowest BCUT2D eigenvalue weighted by Gasteiger charge is -2.13. The van der Waals surface area contributed by atoms with Crippen molar-refractivity contribution in [1.29, 1.82) is 0 Å². The normalized spacial score (nSPS) is 11.5. The van der Waals surface area contributed by atoms with Gasteiger partial charge in [-0.05, 0) is 37.1 Å². The minimum atomic E-state index is -0.971. The van der Waals surface area contributed by atoms with Crippen LogP contribution in [0.5, 0.6) is 0 Å². The number of hydrogen-bond acceptors (Lipinski definition) is 4. The maximum atomic E-state index is 13.1. The van der Waals surface area contributed by atoms with Crippen LogP contribution in [-0.4, -0.2) is 30.3 Å². The molecule has 0 aliphatic carbocycles. The number of carbonyl (C=O) groups is 3. The van der Waals surface area contributed by atoms with Crippen LogP contribution in [0.15, 0.2) is 48.5 Å². The van der Waals surface area contributed by atoms with Crippen molar-refractivity contribution < 1.29 is 23.5 Å². The molecule has 0 fully saturated rings. The van der Waals surface area contributed by atoms with E-state index in [4.69, 9.17) is 4.74 Å². The maximum Gasteiger partial charge on any atom is 0.326 e. The Hall–Kier alpha value is -3.02. The largest absolute Gasteiger partial charge is 0.453 e. The third kappa shape index (κ3) is 5.24. The summed E-state index contributed by atoms with van der Waals surface area (Å²) in [4.78, 5) is 36.0. The molecule has 6 heteroatoms. The van der Waals surface area contributed by atoms with E-state index in [1.54, 1.807) is 12.1 Å². The Morgan fingerprint density at radius 3 is 2.38 bits per heavy atom. The van der Waals surface area contributed by atoms with Crippen molar-refractivity contribution in [1.82, 2.24) is 5.32 Å². The first-order valence-electron chi connectivity index (χ1n) is 8.27. The number of amides is 1. The van der Waals surface area contributed by atoms with Crippen LogP contribution < -0.4 is 5.32 Å². The molecule has 2 rings (SSSR count). The van der Waals surface area contributed by atoms with Gasteiger partial charge in [0.15, 0.2) is 6.10 Å². The molecular formula is C20H20FNO4. The van der Waals surface area contributed by atoms with E-state index in [0.717, 1.165) is 18.1 Å². The SMILES string of the molecule is CCc1ccc(C(=O)[C@@H](C)OC(=O)CNC(=O)c2cccc(F)c2)cc1. The number of benzene rings is 2. The van der Waals surface area contributed by atoms with Gasteiger partial charge in [-0.2, -0.15) is 0 Å². The Kier molecular flexibility index (Phi) is 6.60. The van der Waals surface area contributed by atoms with Gasteiger partial charge in [0.2, 0.25) is 5.78 Å². The lowest BCUT2D eigenvalue weighted by molar-refractivity contribution is -0.145. The van der Waals surface area contributed by atoms with Crippen LogP contribution >= 0.6 is 0 Å². The van der Waals surface area contributed by atoms with Gasteiger partial charge in [-0.3, -0.25) is 14.4 Å². The number of esters is 1. The molecule has 0 unspecified atom stereocenters. The molecule has 0 radical (unpaired) electrons. The Balaban J connectivity index is 1.86. The van der Waals surface area contributed by atoms with Crippen LogP contribution in [0.1, 0.15) is 40.1 Å². The molecule has 2 aromatic carbocycles. The number of ether oxygens (including phenoxy) is 1. The summed E-state index contributed by atoms with van der Waals surface area (Å²) in [6.07, 6.45) is -0.106. The Morgan fingerprint density at radius 2 is 1.77 bits per heavy atom. The number of Topliss-reactive ketones (excluding diaryl/α,β-unsaturated/α-hetero) is 1. The number of nitrogens with one attached hydrogen (secondary N) is 1. The molecule has 0 aromatic heterocycles. The monoisotopic (exact) mass is 357 g/mol. The third-order valence-corrected chi connectivity index (χ3v) is 3.80. The Bertz CT molecular complexity index is 802. The van der Waals surface area contributed by atoms with Gasteiger partial charge in [0, 0.05) is 11.1 Å². The quantitative estimate of drug-likeness (QED) is 0.611. The molecule has 136 valence electrons. The zero-order valence-corrected chi connectivity index (χ0v) is 14.6. The van der Waals surface area contributed by atoms with Gasteiger partial charge in [-0.25, -0.2) is 4.39 Å². The summed E-state index contributed by atoms with van der Waals surface area (Å²) in [6.45, 7) is 3.07. The molecule has 0 aliphatic heterocycles. The zero-order chi connectivity index (χ0) is 19.1. The highest BCUT2D eigenvalue weighted by atomic mass is 19.1. The van der Waals surface area contributed by atoms with Crippen LogP contribution in [0, 0.1) is 5.82 Å². The summed E-state index contributed by atoms with van der Waals surface area (Å²) in [5, 5.41) is 2.33. The first-order valence-corrected chi connectivity index (χ1v) is 8.27. The molecule has 0 aliphatic rings. The van der Waals surface area contributed by atoms with E-state index in [1.165, 1.54) is 25.1 Å². The van der Waals surface area contributed by atoms with Gasteiger partial charge in [0.05, 0.1) is 0 Å². The average Bonchev–Trinajstić information content (AvgIpc) is 2.65. The highest BCUT2D eigenvalue weighted by Crippen LogP contribution is 2.10. The van der Waals surface area contributed by atoms with Crippen LogP contribution in [0.4, 0.5) is 4.39 Å². The zero-order valence-electron chi connectivity index (χ0n) is 14.6. The van der Waals surface area contributed by atoms with Crippen molar-refractivity contribution >= 4 is 17.7 Å². The Morgan fingerprint density at radius 1 is 1.08 bits per heavy atom. The molecule has 5 nitrogen and oxygen atoms in total. The second-order valence-corrected chi connectivity index (χ2v) is 5.74. The van der Waals surface area contributed by atoms with Gasteiger partial charge in [0.1, 0.15) is 12.4 Å². The van der Waals surface area contributed by atoms with Gasteiger partial charge < -0.3 is 10.1 Å². The molecule has 0 bridgehead atoms. The summed E-state index contributed by atoms with van der Waals surface area (Å²) in [6, 6.07) is 12.2. The molecule has 26 heavy (non-hydrogen) atoms. The van der Waals surface area contributed by atoms with Crippen molar-refractivity contribution in [3.05, 3.63) is 71.0 Å². The second-order valence-electron chi connectivity index (χ2n) is 5.74. The number of aryl methyl sites for hydroxylation is 1. The fourth-order valence-electron chi connectivity index (χ4n) is 2.32. The molecule has 1 atom stereocenters. The third-order valence-electron chi connectivity index (χ3n) is 3.80. The minimum absolute atomic E-state index is 0.0953. The summed E-state index contributed by atoms with van der Waals surface area (Å²) >= 11 is 0. The number of rotatable bonds is 7. The van der Waals surface area contributed by atoms with E-state index in [0.29, 0.717) is 5.56 Å². The van der Waals surface area contributed by atoms with E-state index in [9.17, 15) is 18.8 Å². The van der Waals surface area contributed by atoms with Gasteiger partial charge in [-0.1, -0.05) is 37.3 Å². The van der Waals surface area contributed by atoms with Crippen LogP contribution in [0.25, 0.3) is 0 Å². The van der Waals surface area contributed by atoms with Crippen LogP contribution in [-0.2, 0) is 16.0 Å². The predicted molar refractivity (Wildman–Crippen MR) is 94.4 cm³/mol. The standard InChI is InChI=1S/C20H20FNO4/c1-3-14-7-9-15(10-8-14)19(24)13(2)26-18(23)12-22-20(25)16-5-4-6-17(21)11-16/h4-11,13H,3,12H2,1-2H3,(H,22,25)/t13-/m1/s1. The lowest BCUT2D eigenvalue weighted by atomic mass is 10.0. The van der Waals surface area contributed by atoms with Gasteiger partial charge in [0.25, 0.3) is 5.91 Å². The van der Waals surface area contributed by atoms with E-state index in [1.807, 2.05) is 19.1 Å². The number of hydrogen-bond donors (Lipinski definition) is 1. The highest BCUT2D eigenvalue weighted by molar-refractivity contribution is 6.00. The fraction of sp³-hybridized carbons (Fsp3) is 0.250. The Labute approximate surface area is 151 Å². The lowest BCUT2D eigenvalue weighted by Crippen LogP contribution is -2.34. The van der Waals surface area contributed by atoms with E-state index in [-0.39, 0.29) is 11.3 Å². The average molecular weight is 357 g/mol. The topological polar surface area (TPSA) is 72.5 Å². The summed E-state index contributed by atoms with van der Waals surface area (Å²) in [5.74, 6) is -2.22. The first-order chi connectivity index (χ1) is 12.4. The molecule has 0 saturated heterocycles. The van der Waals surface area contributed by atoms with E-state index >= 15 is 0 Å². The van der Waals surface area contributed by atoms with Gasteiger partial charge >= 0.3 is 5.97 Å². The number of ketones is 1. The first kappa shape index (κ1) is 19.3. The van der Waals surface area contributed by atoms with Gasteiger partial charge in [-0.15, -0.1) is 0 Å². The van der Waals surface area contributed by atoms with E-state index in [2.05, 4.69) is 5.32 Å². The number of carbonyl (C=O) groups excluding carboxylic acids is 3. The van der Waals surface area contributed by atoms with Crippen molar-refractivity contribution in [2.45, 2.75) is 26.4 Å². The molecule has 0 heterocycles. The predicted octanol–water partition coefficient (Wildman–Crippen LogP) is 2.93. The summed E-state index contributed by atoms with van der Waals surface area (Å²) in [7, 11) is 0. The minimum Gasteiger partial charge on any atom is -0.453 e. The van der Waals surface area contributed by atoms with E-state index < -0.39 is 30.3 Å². The molecule has 2 aromatic rings. The highest BCUT2D eigenvalue weighted by Gasteiger charge is 2.20. The molecule has 0 saturated carbocycles. The van der Waals surface area contributed by atoms with Crippen molar-refractivity contribution in [3.8, 4) is 0 Å². The molecular weight excluding hydrogens is 337 g/mol. The maximum absolute atomic E-state index is 13.1. The smallest absolute Gasteiger partial charge is 0.326 e. The van der Waals surface area contributed by atoms with Crippen molar-refractivity contribution in [3.63, 3.8) is 0 Å².